The number of halogens is 1. The number of fused-ring (bicyclic) bond motifs is 1. The summed E-state index contributed by atoms with van der Waals surface area (Å²) in [5.41, 5.74) is 1.90. The number of benzene rings is 3. The van der Waals surface area contributed by atoms with Gasteiger partial charge in [-0.2, -0.15) is 0 Å². The maximum Gasteiger partial charge on any atom is 0.314 e. The van der Waals surface area contributed by atoms with Crippen LogP contribution in [0.5, 0.6) is 0 Å². The van der Waals surface area contributed by atoms with Gasteiger partial charge in [-0.15, -0.1) is 0 Å². The highest BCUT2D eigenvalue weighted by Gasteiger charge is 2.23. The molecule has 0 aliphatic heterocycles. The van der Waals surface area contributed by atoms with Gasteiger partial charge in [-0.3, -0.25) is 14.4 Å². The summed E-state index contributed by atoms with van der Waals surface area (Å²) in [6.45, 7) is 0. The van der Waals surface area contributed by atoms with Crippen LogP contribution in [0.4, 0.5) is 11.4 Å². The zero-order chi connectivity index (χ0) is 21.1. The average molecular weight is 418 g/mol. The number of amides is 2. The average Bonchev–Trinajstić information content (AvgIpc) is 3.11. The number of hydrogen-bond acceptors (Lipinski definition) is 3. The van der Waals surface area contributed by atoms with Crippen molar-refractivity contribution in [3.8, 4) is 0 Å². The van der Waals surface area contributed by atoms with E-state index in [1.54, 1.807) is 78.9 Å². The fourth-order valence-electron chi connectivity index (χ4n) is 3.08. The first-order valence-corrected chi connectivity index (χ1v) is 9.49. The summed E-state index contributed by atoms with van der Waals surface area (Å²) >= 11 is 6.07. The second-order valence-electron chi connectivity index (χ2n) is 6.53. The topological polar surface area (TPSA) is 91.1 Å². The minimum atomic E-state index is -0.892. The predicted molar refractivity (Wildman–Crippen MR) is 117 cm³/mol. The number of carbonyl (C=O) groups excluding carboxylic acids is 3. The molecule has 0 spiro atoms. The third-order valence-electron chi connectivity index (χ3n) is 4.50. The maximum atomic E-state index is 13.0. The van der Waals surface area contributed by atoms with Gasteiger partial charge >= 0.3 is 11.8 Å². The fourth-order valence-corrected chi connectivity index (χ4v) is 3.26. The van der Waals surface area contributed by atoms with Crippen molar-refractivity contribution < 1.29 is 14.4 Å². The van der Waals surface area contributed by atoms with Gasteiger partial charge in [-0.25, -0.2) is 0 Å². The number of nitrogens with one attached hydrogen (secondary N) is 3. The summed E-state index contributed by atoms with van der Waals surface area (Å²) in [5, 5.41) is 6.15. The molecule has 30 heavy (non-hydrogen) atoms. The van der Waals surface area contributed by atoms with E-state index in [9.17, 15) is 14.4 Å². The Morgan fingerprint density at radius 2 is 1.40 bits per heavy atom. The Kier molecular flexibility index (Phi) is 5.32. The second kappa shape index (κ2) is 8.23. The summed E-state index contributed by atoms with van der Waals surface area (Å²) in [6, 6.07) is 22.3. The normalized spacial score (nSPS) is 10.6. The first-order chi connectivity index (χ1) is 14.5. The van der Waals surface area contributed by atoms with Gasteiger partial charge in [-0.1, -0.05) is 60.1 Å². The van der Waals surface area contributed by atoms with Crippen LogP contribution in [0.2, 0.25) is 5.02 Å². The molecule has 0 bridgehead atoms. The number of carbonyl (C=O) groups is 3. The van der Waals surface area contributed by atoms with E-state index in [0.717, 1.165) is 0 Å². The molecule has 0 unspecified atom stereocenters. The minimum Gasteiger partial charge on any atom is -0.350 e. The molecule has 2 amide bonds. The summed E-state index contributed by atoms with van der Waals surface area (Å²) in [4.78, 5) is 41.0. The molecule has 0 saturated heterocycles. The van der Waals surface area contributed by atoms with Crippen LogP contribution in [0, 0.1) is 0 Å². The van der Waals surface area contributed by atoms with Gasteiger partial charge in [0.05, 0.1) is 5.69 Å². The van der Waals surface area contributed by atoms with Gasteiger partial charge in [0.1, 0.15) is 5.69 Å². The van der Waals surface area contributed by atoms with E-state index in [1.165, 1.54) is 0 Å². The van der Waals surface area contributed by atoms with Crippen molar-refractivity contribution in [2.45, 2.75) is 0 Å². The maximum absolute atomic E-state index is 13.0. The number of para-hydroxylation sites is 1. The molecule has 0 aliphatic rings. The summed E-state index contributed by atoms with van der Waals surface area (Å²) in [5.74, 6) is -2.05. The number of ketones is 1. The van der Waals surface area contributed by atoms with Crippen molar-refractivity contribution in [3.05, 3.63) is 95.1 Å². The lowest BCUT2D eigenvalue weighted by Crippen LogP contribution is -2.29. The smallest absolute Gasteiger partial charge is 0.314 e. The molecule has 3 N–H and O–H groups in total. The molecule has 6 nitrogen and oxygen atoms in total. The third kappa shape index (κ3) is 3.94. The van der Waals surface area contributed by atoms with Gasteiger partial charge in [0.15, 0.2) is 0 Å². The molecule has 148 valence electrons. The standard InChI is InChI=1S/C23H16ClN3O3/c24-15-11-12-17-18(13-15)26-20(21(28)14-7-3-1-4-8-14)19(17)27-23(30)22(29)25-16-9-5-2-6-10-16/h1-13,26H,(H,25,29)(H,27,30). The third-order valence-corrected chi connectivity index (χ3v) is 4.74. The van der Waals surface area contributed by atoms with E-state index >= 15 is 0 Å². The quantitative estimate of drug-likeness (QED) is 0.334. The predicted octanol–water partition coefficient (Wildman–Crippen LogP) is 4.63. The molecular formula is C23H16ClN3O3. The molecule has 1 heterocycles. The zero-order valence-corrected chi connectivity index (χ0v) is 16.4. The number of rotatable bonds is 4. The van der Waals surface area contributed by atoms with Gasteiger partial charge in [0, 0.05) is 27.2 Å². The van der Waals surface area contributed by atoms with Crippen LogP contribution >= 0.6 is 11.6 Å². The molecule has 4 rings (SSSR count). The Balaban J connectivity index is 1.69. The highest BCUT2D eigenvalue weighted by atomic mass is 35.5. The Hall–Kier alpha value is -3.90. The first kappa shape index (κ1) is 19.4. The molecule has 0 aliphatic carbocycles. The SMILES string of the molecule is O=C(Nc1ccccc1)C(=O)Nc1c(C(=O)c2ccccc2)[nH]c2cc(Cl)ccc12. The Morgan fingerprint density at radius 3 is 2.10 bits per heavy atom. The summed E-state index contributed by atoms with van der Waals surface area (Å²) < 4.78 is 0. The highest BCUT2D eigenvalue weighted by molar-refractivity contribution is 6.44. The van der Waals surface area contributed by atoms with Crippen molar-refractivity contribution in [3.63, 3.8) is 0 Å². The van der Waals surface area contributed by atoms with E-state index in [0.29, 0.717) is 27.2 Å². The van der Waals surface area contributed by atoms with Crippen LogP contribution in [0.15, 0.2) is 78.9 Å². The summed E-state index contributed by atoms with van der Waals surface area (Å²) in [7, 11) is 0. The lowest BCUT2D eigenvalue weighted by Gasteiger charge is -2.08. The van der Waals surface area contributed by atoms with E-state index in [2.05, 4.69) is 15.6 Å². The van der Waals surface area contributed by atoms with E-state index < -0.39 is 11.8 Å². The van der Waals surface area contributed by atoms with Crippen LogP contribution in [-0.2, 0) is 9.59 Å². The summed E-state index contributed by atoms with van der Waals surface area (Å²) in [6.07, 6.45) is 0. The molecule has 0 atom stereocenters. The van der Waals surface area contributed by atoms with Crippen molar-refractivity contribution in [1.29, 1.82) is 0 Å². The number of aromatic nitrogens is 1. The molecule has 7 heteroatoms. The molecule has 1 aromatic heterocycles. The monoisotopic (exact) mass is 417 g/mol. The number of H-pyrrole nitrogens is 1. The van der Waals surface area contributed by atoms with Crippen LogP contribution in [0.1, 0.15) is 16.1 Å². The molecule has 3 aromatic carbocycles. The zero-order valence-electron chi connectivity index (χ0n) is 15.6. The van der Waals surface area contributed by atoms with Crippen molar-refractivity contribution in [1.82, 2.24) is 4.98 Å². The lowest BCUT2D eigenvalue weighted by atomic mass is 10.1. The van der Waals surface area contributed by atoms with Crippen LogP contribution in [0.3, 0.4) is 0 Å². The van der Waals surface area contributed by atoms with Crippen LogP contribution in [-0.4, -0.2) is 22.6 Å². The minimum absolute atomic E-state index is 0.166. The largest absolute Gasteiger partial charge is 0.350 e. The Morgan fingerprint density at radius 1 is 0.767 bits per heavy atom. The Labute approximate surface area is 176 Å². The molecule has 4 aromatic rings. The molecule has 0 fully saturated rings. The fraction of sp³-hybridized carbons (Fsp3) is 0. The first-order valence-electron chi connectivity index (χ1n) is 9.11. The highest BCUT2D eigenvalue weighted by Crippen LogP contribution is 2.31. The molecule has 0 radical (unpaired) electrons. The number of anilines is 2. The van der Waals surface area contributed by atoms with E-state index in [-0.39, 0.29) is 17.2 Å². The van der Waals surface area contributed by atoms with Crippen molar-refractivity contribution in [2.24, 2.45) is 0 Å². The van der Waals surface area contributed by atoms with Gasteiger partial charge in [-0.05, 0) is 30.3 Å². The number of aromatic amines is 1. The Bertz CT molecular complexity index is 1250. The lowest BCUT2D eigenvalue weighted by molar-refractivity contribution is -0.132. The van der Waals surface area contributed by atoms with Crippen molar-refractivity contribution >= 4 is 51.5 Å². The second-order valence-corrected chi connectivity index (χ2v) is 6.97. The van der Waals surface area contributed by atoms with Gasteiger partial charge in [0.2, 0.25) is 5.78 Å². The van der Waals surface area contributed by atoms with Crippen molar-refractivity contribution in [2.75, 3.05) is 10.6 Å². The van der Waals surface area contributed by atoms with Crippen LogP contribution in [0.25, 0.3) is 10.9 Å². The van der Waals surface area contributed by atoms with E-state index in [1.807, 2.05) is 0 Å². The number of hydrogen-bond donors (Lipinski definition) is 3. The van der Waals surface area contributed by atoms with Gasteiger partial charge in [0.25, 0.3) is 0 Å². The molecule has 0 saturated carbocycles. The molecular weight excluding hydrogens is 402 g/mol. The van der Waals surface area contributed by atoms with Gasteiger partial charge < -0.3 is 15.6 Å². The van der Waals surface area contributed by atoms with Crippen LogP contribution < -0.4 is 10.6 Å². The van der Waals surface area contributed by atoms with E-state index in [4.69, 9.17) is 11.6 Å².